The average Bonchev–Trinajstić information content (AvgIpc) is 3.08. The van der Waals surface area contributed by atoms with Gasteiger partial charge in [0.25, 0.3) is 11.2 Å². The summed E-state index contributed by atoms with van der Waals surface area (Å²) in [4.78, 5) is 42.0. The fourth-order valence-corrected chi connectivity index (χ4v) is 4.78. The van der Waals surface area contributed by atoms with Crippen LogP contribution in [-0.2, 0) is 9.53 Å². The quantitative estimate of drug-likeness (QED) is 0.329. The molecule has 1 aliphatic heterocycles. The molecule has 1 aromatic heterocycles. The van der Waals surface area contributed by atoms with Crippen molar-refractivity contribution in [3.8, 4) is 0 Å². The van der Waals surface area contributed by atoms with Gasteiger partial charge in [0.05, 0.1) is 33.4 Å². The van der Waals surface area contributed by atoms with Crippen LogP contribution < -0.4 is 14.9 Å². The Hall–Kier alpha value is -3.85. The summed E-state index contributed by atoms with van der Waals surface area (Å²) in [7, 11) is 0. The van der Waals surface area contributed by atoms with E-state index in [1.807, 2.05) is 31.2 Å². The molecule has 0 fully saturated rings. The van der Waals surface area contributed by atoms with Crippen LogP contribution in [0.4, 0.5) is 5.69 Å². The normalized spacial score (nSPS) is 15.7. The van der Waals surface area contributed by atoms with Gasteiger partial charge in [0.1, 0.15) is 0 Å². The summed E-state index contributed by atoms with van der Waals surface area (Å²) in [5.74, 6) is -0.516. The van der Waals surface area contributed by atoms with Crippen molar-refractivity contribution < 1.29 is 14.5 Å². The number of hydrogen-bond acceptors (Lipinski definition) is 7. The first-order chi connectivity index (χ1) is 15.8. The third-order valence-electron chi connectivity index (χ3n) is 5.29. The Morgan fingerprint density at radius 3 is 2.64 bits per heavy atom. The molecule has 2 heterocycles. The van der Waals surface area contributed by atoms with Crippen molar-refractivity contribution in [3.05, 3.63) is 106 Å². The predicted molar refractivity (Wildman–Crippen MR) is 125 cm³/mol. The highest BCUT2D eigenvalue weighted by Gasteiger charge is 2.33. The highest BCUT2D eigenvalue weighted by Crippen LogP contribution is 2.30. The van der Waals surface area contributed by atoms with Crippen molar-refractivity contribution >= 4 is 29.1 Å². The Kier molecular flexibility index (Phi) is 6.06. The molecule has 0 saturated heterocycles. The first kappa shape index (κ1) is 22.3. The summed E-state index contributed by atoms with van der Waals surface area (Å²) in [6, 6.07) is 13.0. The molecule has 2 aromatic carbocycles. The molecule has 0 amide bonds. The number of non-ortho nitro benzene ring substituents is 1. The van der Waals surface area contributed by atoms with Crippen LogP contribution in [0.5, 0.6) is 0 Å². The minimum absolute atomic E-state index is 0.0606. The Morgan fingerprint density at radius 1 is 1.24 bits per heavy atom. The number of nitro groups is 1. The molecule has 8 nitrogen and oxygen atoms in total. The van der Waals surface area contributed by atoms with E-state index >= 15 is 0 Å². The Labute approximate surface area is 192 Å². The Bertz CT molecular complexity index is 1460. The number of nitrogens with zero attached hydrogens (tertiary/aromatic N) is 3. The first-order valence-corrected chi connectivity index (χ1v) is 11.1. The zero-order valence-corrected chi connectivity index (χ0v) is 19.1. The van der Waals surface area contributed by atoms with E-state index in [2.05, 4.69) is 4.99 Å². The summed E-state index contributed by atoms with van der Waals surface area (Å²) in [6.07, 6.45) is 1.60. The minimum Gasteiger partial charge on any atom is -0.463 e. The largest absolute Gasteiger partial charge is 0.463 e. The molecule has 0 unspecified atom stereocenters. The van der Waals surface area contributed by atoms with Crippen LogP contribution in [0, 0.1) is 17.0 Å². The van der Waals surface area contributed by atoms with Crippen LogP contribution in [0.3, 0.4) is 0 Å². The van der Waals surface area contributed by atoms with Crippen molar-refractivity contribution in [2.75, 3.05) is 6.61 Å². The van der Waals surface area contributed by atoms with Gasteiger partial charge in [-0.25, -0.2) is 9.79 Å². The number of nitro benzene ring substituents is 1. The van der Waals surface area contributed by atoms with E-state index in [4.69, 9.17) is 4.74 Å². The van der Waals surface area contributed by atoms with Gasteiger partial charge in [-0.05, 0) is 38.0 Å². The van der Waals surface area contributed by atoms with Gasteiger partial charge in [-0.15, -0.1) is 0 Å². The molecule has 0 radical (unpaired) electrons. The van der Waals surface area contributed by atoms with E-state index in [1.54, 1.807) is 32.1 Å². The molecule has 4 rings (SSSR count). The maximum atomic E-state index is 13.5. The number of allylic oxidation sites excluding steroid dienone is 1. The number of ether oxygens (including phenoxy) is 1. The molecule has 0 aliphatic carbocycles. The summed E-state index contributed by atoms with van der Waals surface area (Å²) >= 11 is 1.18. The fraction of sp³-hybridized carbons (Fsp3) is 0.208. The second-order valence-corrected chi connectivity index (χ2v) is 8.57. The Balaban J connectivity index is 1.94. The van der Waals surface area contributed by atoms with Gasteiger partial charge in [-0.3, -0.25) is 19.5 Å². The van der Waals surface area contributed by atoms with Gasteiger partial charge in [0.2, 0.25) is 0 Å². The third-order valence-corrected chi connectivity index (χ3v) is 6.27. The lowest BCUT2D eigenvalue weighted by Gasteiger charge is -2.24. The predicted octanol–water partition coefficient (Wildman–Crippen LogP) is 3.01. The standard InChI is InChI=1S/C24H21N3O5S/c1-4-32-23(29)20-15(3)25-24-26(21(20)17-10-8-14(2)9-11-17)22(28)19(33-24)13-16-6-5-7-18(12-16)27(30)31/h5-13,21H,4H2,1-3H3/t21-/m0/s1. The summed E-state index contributed by atoms with van der Waals surface area (Å²) < 4.78 is 7.14. The van der Waals surface area contributed by atoms with E-state index in [-0.39, 0.29) is 17.9 Å². The molecule has 0 spiro atoms. The first-order valence-electron chi connectivity index (χ1n) is 10.3. The van der Waals surface area contributed by atoms with E-state index in [1.165, 1.54) is 28.0 Å². The number of aromatic nitrogens is 1. The molecule has 0 saturated carbocycles. The van der Waals surface area contributed by atoms with Crippen molar-refractivity contribution in [1.82, 2.24) is 4.57 Å². The lowest BCUT2D eigenvalue weighted by atomic mass is 9.95. The van der Waals surface area contributed by atoms with Gasteiger partial charge in [0, 0.05) is 12.1 Å². The van der Waals surface area contributed by atoms with Gasteiger partial charge in [0.15, 0.2) is 4.80 Å². The number of carbonyl (C=O) groups excluding carboxylic acids is 1. The monoisotopic (exact) mass is 463 g/mol. The van der Waals surface area contributed by atoms with Crippen molar-refractivity contribution in [1.29, 1.82) is 0 Å². The molecule has 33 heavy (non-hydrogen) atoms. The summed E-state index contributed by atoms with van der Waals surface area (Å²) in [6.45, 7) is 5.61. The third kappa shape index (κ3) is 4.27. The second kappa shape index (κ2) is 8.95. The number of carbonyl (C=O) groups is 1. The maximum absolute atomic E-state index is 13.5. The highest BCUT2D eigenvalue weighted by molar-refractivity contribution is 7.07. The summed E-state index contributed by atoms with van der Waals surface area (Å²) in [5.41, 5.74) is 2.76. The van der Waals surface area contributed by atoms with Crippen LogP contribution in [0.25, 0.3) is 6.08 Å². The number of aryl methyl sites for hydroxylation is 1. The van der Waals surface area contributed by atoms with Crippen LogP contribution in [0.1, 0.15) is 36.6 Å². The number of fused-ring (bicyclic) bond motifs is 1. The van der Waals surface area contributed by atoms with Crippen molar-refractivity contribution in [3.63, 3.8) is 0 Å². The van der Waals surface area contributed by atoms with E-state index in [0.717, 1.165) is 11.1 Å². The van der Waals surface area contributed by atoms with E-state index in [0.29, 0.717) is 26.2 Å². The van der Waals surface area contributed by atoms with Crippen molar-refractivity contribution in [2.45, 2.75) is 26.8 Å². The average molecular weight is 464 g/mol. The lowest BCUT2D eigenvalue weighted by molar-refractivity contribution is -0.384. The lowest BCUT2D eigenvalue weighted by Crippen LogP contribution is -2.39. The molecule has 9 heteroatoms. The van der Waals surface area contributed by atoms with Crippen LogP contribution >= 0.6 is 11.3 Å². The number of rotatable bonds is 5. The van der Waals surface area contributed by atoms with Crippen LogP contribution in [0.2, 0.25) is 0 Å². The SMILES string of the molecule is CCOC(=O)C1=C(C)N=c2sc(=Cc3cccc([N+](=O)[O-])c3)c(=O)n2[C@H]1c1ccc(C)cc1. The van der Waals surface area contributed by atoms with Crippen LogP contribution in [-0.4, -0.2) is 22.1 Å². The zero-order valence-electron chi connectivity index (χ0n) is 18.3. The van der Waals surface area contributed by atoms with Crippen molar-refractivity contribution in [2.24, 2.45) is 4.99 Å². The fourth-order valence-electron chi connectivity index (χ4n) is 3.74. The van der Waals surface area contributed by atoms with Gasteiger partial charge < -0.3 is 4.74 Å². The number of hydrogen-bond donors (Lipinski definition) is 0. The molecule has 168 valence electrons. The summed E-state index contributed by atoms with van der Waals surface area (Å²) in [5, 5.41) is 11.1. The van der Waals surface area contributed by atoms with E-state index < -0.39 is 16.9 Å². The van der Waals surface area contributed by atoms with Gasteiger partial charge in [-0.2, -0.15) is 0 Å². The molecule has 0 bridgehead atoms. The smallest absolute Gasteiger partial charge is 0.338 e. The molecule has 0 N–H and O–H groups in total. The minimum atomic E-state index is -0.687. The molecule has 3 aromatic rings. The molecule has 1 atom stereocenters. The number of esters is 1. The maximum Gasteiger partial charge on any atom is 0.338 e. The number of thiazole rings is 1. The number of benzene rings is 2. The Morgan fingerprint density at radius 2 is 1.97 bits per heavy atom. The van der Waals surface area contributed by atoms with Gasteiger partial charge >= 0.3 is 5.97 Å². The highest BCUT2D eigenvalue weighted by atomic mass is 32.1. The van der Waals surface area contributed by atoms with E-state index in [9.17, 15) is 19.7 Å². The molecule has 1 aliphatic rings. The van der Waals surface area contributed by atoms with Gasteiger partial charge in [-0.1, -0.05) is 53.3 Å². The second-order valence-electron chi connectivity index (χ2n) is 7.57. The molecular weight excluding hydrogens is 442 g/mol. The van der Waals surface area contributed by atoms with Crippen LogP contribution in [0.15, 0.2) is 69.6 Å². The topological polar surface area (TPSA) is 104 Å². The zero-order chi connectivity index (χ0) is 23.7. The molecular formula is C24H21N3O5S.